The predicted octanol–water partition coefficient (Wildman–Crippen LogP) is 4.12. The molecule has 0 aliphatic rings. The summed E-state index contributed by atoms with van der Waals surface area (Å²) in [5, 5.41) is 11.2. The van der Waals surface area contributed by atoms with E-state index in [0.29, 0.717) is 35.5 Å². The molecule has 0 saturated carbocycles. The molecule has 1 unspecified atom stereocenters. The Labute approximate surface area is 188 Å². The van der Waals surface area contributed by atoms with Gasteiger partial charge in [-0.25, -0.2) is 4.68 Å². The Morgan fingerprint density at radius 2 is 1.84 bits per heavy atom. The minimum Gasteiger partial charge on any atom is -0.497 e. The van der Waals surface area contributed by atoms with E-state index in [1.165, 1.54) is 0 Å². The number of nitrogens with zero attached hydrogens (tertiary/aromatic N) is 3. The molecule has 32 heavy (non-hydrogen) atoms. The van der Waals surface area contributed by atoms with E-state index in [4.69, 9.17) is 14.2 Å². The molecule has 1 atom stereocenters. The van der Waals surface area contributed by atoms with Crippen LogP contribution < -0.4 is 19.5 Å². The summed E-state index contributed by atoms with van der Waals surface area (Å²) in [4.78, 5) is 12.9. The average Bonchev–Trinajstić information content (AvgIpc) is 3.18. The van der Waals surface area contributed by atoms with E-state index in [-0.39, 0.29) is 17.6 Å². The molecule has 0 fully saturated rings. The van der Waals surface area contributed by atoms with E-state index < -0.39 is 0 Å². The number of nitrogens with one attached hydrogen (secondary N) is 1. The highest BCUT2D eigenvalue weighted by atomic mass is 16.5. The first-order valence-electron chi connectivity index (χ1n) is 10.5. The molecule has 0 spiro atoms. The van der Waals surface area contributed by atoms with Gasteiger partial charge in [0, 0.05) is 6.07 Å². The van der Waals surface area contributed by atoms with E-state index in [1.54, 1.807) is 18.9 Å². The third kappa shape index (κ3) is 5.19. The molecule has 1 aromatic heterocycles. The Morgan fingerprint density at radius 1 is 1.06 bits per heavy atom. The molecule has 3 aromatic rings. The summed E-state index contributed by atoms with van der Waals surface area (Å²) in [7, 11) is 3.20. The van der Waals surface area contributed by atoms with Gasteiger partial charge >= 0.3 is 0 Å². The van der Waals surface area contributed by atoms with Gasteiger partial charge in [0.05, 0.1) is 38.2 Å². The molecular weight excluding hydrogens is 408 g/mol. The Kier molecular flexibility index (Phi) is 7.35. The maximum absolute atomic E-state index is 12.9. The lowest BCUT2D eigenvalue weighted by atomic mass is 10.1. The summed E-state index contributed by atoms with van der Waals surface area (Å²) < 4.78 is 18.2. The zero-order chi connectivity index (χ0) is 23.3. The van der Waals surface area contributed by atoms with Gasteiger partial charge in [-0.05, 0) is 49.6 Å². The largest absolute Gasteiger partial charge is 0.497 e. The first-order chi connectivity index (χ1) is 15.3. The molecule has 3 rings (SSSR count). The maximum Gasteiger partial charge on any atom is 0.274 e. The number of benzene rings is 2. The van der Waals surface area contributed by atoms with Gasteiger partial charge in [0.1, 0.15) is 5.75 Å². The zero-order valence-electron chi connectivity index (χ0n) is 19.4. The maximum atomic E-state index is 12.9. The number of methoxy groups -OCH3 is 2. The van der Waals surface area contributed by atoms with E-state index in [2.05, 4.69) is 29.5 Å². The number of ether oxygens (including phenoxy) is 3. The Hall–Kier alpha value is -3.55. The third-order valence-corrected chi connectivity index (χ3v) is 5.01. The summed E-state index contributed by atoms with van der Waals surface area (Å²) in [5.41, 5.74) is 2.56. The zero-order valence-corrected chi connectivity index (χ0v) is 19.4. The first-order valence-corrected chi connectivity index (χ1v) is 10.5. The number of carbonyl (C=O) groups is 1. The van der Waals surface area contributed by atoms with Crippen molar-refractivity contribution in [3.63, 3.8) is 0 Å². The highest BCUT2D eigenvalue weighted by Gasteiger charge is 2.20. The fourth-order valence-corrected chi connectivity index (χ4v) is 3.20. The van der Waals surface area contributed by atoms with Crippen molar-refractivity contribution in [1.82, 2.24) is 20.3 Å². The van der Waals surface area contributed by atoms with Crippen LogP contribution in [0.2, 0.25) is 0 Å². The number of hydrogen-bond donors (Lipinski definition) is 1. The molecule has 8 nitrogen and oxygen atoms in total. The predicted molar refractivity (Wildman–Crippen MR) is 122 cm³/mol. The quantitative estimate of drug-likeness (QED) is 0.541. The topological polar surface area (TPSA) is 87.5 Å². The van der Waals surface area contributed by atoms with E-state index in [9.17, 15) is 4.79 Å². The highest BCUT2D eigenvalue weighted by molar-refractivity contribution is 5.93. The molecule has 1 N–H and O–H groups in total. The number of carbonyl (C=O) groups excluding carboxylic acids is 1. The van der Waals surface area contributed by atoms with Gasteiger partial charge < -0.3 is 19.5 Å². The first kappa shape index (κ1) is 23.1. The van der Waals surface area contributed by atoms with Crippen molar-refractivity contribution in [3.05, 3.63) is 59.4 Å². The second-order valence-electron chi connectivity index (χ2n) is 7.95. The molecule has 0 aliphatic carbocycles. The number of hydrogen-bond acceptors (Lipinski definition) is 6. The van der Waals surface area contributed by atoms with Gasteiger partial charge in [0.25, 0.3) is 5.91 Å². The van der Waals surface area contributed by atoms with Crippen LogP contribution in [-0.2, 0) is 0 Å². The van der Waals surface area contributed by atoms with Crippen LogP contribution in [0.15, 0.2) is 42.5 Å². The molecule has 1 amide bonds. The average molecular weight is 439 g/mol. The minimum absolute atomic E-state index is 0.267. The summed E-state index contributed by atoms with van der Waals surface area (Å²) in [6, 6.07) is 12.8. The van der Waals surface area contributed by atoms with Crippen LogP contribution in [0.1, 0.15) is 48.6 Å². The van der Waals surface area contributed by atoms with Gasteiger partial charge in [0.15, 0.2) is 17.2 Å². The molecule has 170 valence electrons. The molecule has 2 aromatic carbocycles. The second kappa shape index (κ2) is 10.2. The van der Waals surface area contributed by atoms with Gasteiger partial charge in [0.2, 0.25) is 0 Å². The van der Waals surface area contributed by atoms with Crippen molar-refractivity contribution in [2.24, 2.45) is 5.92 Å². The van der Waals surface area contributed by atoms with Gasteiger partial charge in [-0.2, -0.15) is 0 Å². The van der Waals surface area contributed by atoms with Crippen LogP contribution in [-0.4, -0.2) is 41.7 Å². The fourth-order valence-electron chi connectivity index (χ4n) is 3.20. The lowest BCUT2D eigenvalue weighted by Crippen LogP contribution is -2.27. The van der Waals surface area contributed by atoms with Crippen molar-refractivity contribution in [1.29, 1.82) is 0 Å². The molecule has 1 heterocycles. The number of rotatable bonds is 9. The van der Waals surface area contributed by atoms with Crippen LogP contribution >= 0.6 is 0 Å². The molecule has 0 bridgehead atoms. The summed E-state index contributed by atoms with van der Waals surface area (Å²) >= 11 is 0. The molecular formula is C24H30N4O4. The summed E-state index contributed by atoms with van der Waals surface area (Å²) in [6.07, 6.45) is 0. The lowest BCUT2D eigenvalue weighted by Gasteiger charge is -2.17. The minimum atomic E-state index is -0.303. The van der Waals surface area contributed by atoms with E-state index in [1.807, 2.05) is 56.3 Å². The second-order valence-corrected chi connectivity index (χ2v) is 7.95. The lowest BCUT2D eigenvalue weighted by molar-refractivity contribution is 0.0934. The molecule has 8 heteroatoms. The fraction of sp³-hybridized carbons (Fsp3) is 0.375. The van der Waals surface area contributed by atoms with Crippen LogP contribution in [0.25, 0.3) is 5.69 Å². The van der Waals surface area contributed by atoms with E-state index in [0.717, 1.165) is 11.3 Å². The van der Waals surface area contributed by atoms with Crippen LogP contribution in [0.5, 0.6) is 17.2 Å². The van der Waals surface area contributed by atoms with Crippen LogP contribution in [0, 0.1) is 12.8 Å². The summed E-state index contributed by atoms with van der Waals surface area (Å²) in [6.45, 7) is 8.49. The third-order valence-electron chi connectivity index (χ3n) is 5.01. The molecule has 0 radical (unpaired) electrons. The van der Waals surface area contributed by atoms with Gasteiger partial charge in [-0.1, -0.05) is 31.2 Å². The van der Waals surface area contributed by atoms with Crippen molar-refractivity contribution < 1.29 is 19.0 Å². The van der Waals surface area contributed by atoms with Crippen LogP contribution in [0.4, 0.5) is 0 Å². The smallest absolute Gasteiger partial charge is 0.274 e. The van der Waals surface area contributed by atoms with Crippen molar-refractivity contribution in [2.45, 2.75) is 33.7 Å². The molecule has 0 aliphatic heterocycles. The number of amides is 1. The van der Waals surface area contributed by atoms with E-state index >= 15 is 0 Å². The Bertz CT molecular complexity index is 1080. The summed E-state index contributed by atoms with van der Waals surface area (Å²) in [5.74, 6) is 2.12. The van der Waals surface area contributed by atoms with Gasteiger partial charge in [-0.3, -0.25) is 4.79 Å². The van der Waals surface area contributed by atoms with Gasteiger partial charge in [-0.15, -0.1) is 5.10 Å². The van der Waals surface area contributed by atoms with Crippen LogP contribution in [0.3, 0.4) is 0 Å². The highest BCUT2D eigenvalue weighted by Crippen LogP contribution is 2.31. The van der Waals surface area contributed by atoms with Crippen molar-refractivity contribution in [3.8, 4) is 22.9 Å². The number of aromatic nitrogens is 3. The van der Waals surface area contributed by atoms with Crippen molar-refractivity contribution in [2.75, 3.05) is 20.8 Å². The molecule has 0 saturated heterocycles. The SMILES string of the molecule is COc1cccc(-n2nnc(C(=O)NC(C)c3ccc(OCC(C)C)c(OC)c3)c2C)c1. The Morgan fingerprint density at radius 3 is 2.53 bits per heavy atom. The monoisotopic (exact) mass is 438 g/mol. The Balaban J connectivity index is 1.75. The van der Waals surface area contributed by atoms with Crippen molar-refractivity contribution >= 4 is 5.91 Å². The normalized spacial score (nSPS) is 11.8. The standard InChI is InChI=1S/C24H30N4O4/c1-15(2)14-32-21-11-10-18(12-22(21)31-6)16(3)25-24(29)23-17(4)28(27-26-23)19-8-7-9-20(13-19)30-5/h7-13,15-16H,14H2,1-6H3,(H,25,29).